The molecule has 1 aromatic heterocycles. The monoisotopic (exact) mass is 401 g/mol. The summed E-state index contributed by atoms with van der Waals surface area (Å²) in [5.74, 6) is -0.248. The third-order valence-corrected chi connectivity index (χ3v) is 5.49. The zero-order valence-electron chi connectivity index (χ0n) is 16.0. The molecule has 4 rings (SSSR count). The summed E-state index contributed by atoms with van der Waals surface area (Å²) in [7, 11) is 3.90. The van der Waals surface area contributed by atoms with E-state index in [1.165, 1.54) is 11.3 Å². The number of benzene rings is 3. The Kier molecular flexibility index (Phi) is 5.10. The zero-order chi connectivity index (χ0) is 20.4. The summed E-state index contributed by atoms with van der Waals surface area (Å²) < 4.78 is 0.852. The number of rotatable bonds is 5. The summed E-state index contributed by atoms with van der Waals surface area (Å²) in [6.07, 6.45) is 0. The normalized spacial score (nSPS) is 10.7. The Morgan fingerprint density at radius 3 is 2.24 bits per heavy atom. The van der Waals surface area contributed by atoms with Gasteiger partial charge in [-0.15, -0.1) is 0 Å². The fourth-order valence-corrected chi connectivity index (χ4v) is 3.86. The molecule has 6 heteroatoms. The van der Waals surface area contributed by atoms with Gasteiger partial charge in [-0.25, -0.2) is 4.98 Å². The molecule has 0 radical (unpaired) electrons. The Balaban J connectivity index is 1.54. The van der Waals surface area contributed by atoms with Gasteiger partial charge < -0.3 is 4.90 Å². The molecule has 0 aliphatic rings. The molecule has 1 N–H and O–H groups in total. The van der Waals surface area contributed by atoms with Crippen LogP contribution in [-0.2, 0) is 0 Å². The van der Waals surface area contributed by atoms with Gasteiger partial charge in [0.2, 0.25) is 0 Å². The highest BCUT2D eigenvalue weighted by Crippen LogP contribution is 2.28. The van der Waals surface area contributed by atoms with Gasteiger partial charge in [0.1, 0.15) is 0 Å². The quantitative estimate of drug-likeness (QED) is 0.486. The minimum Gasteiger partial charge on any atom is -0.378 e. The first-order chi connectivity index (χ1) is 14.0. The van der Waals surface area contributed by atoms with E-state index in [2.05, 4.69) is 10.3 Å². The fourth-order valence-electron chi connectivity index (χ4n) is 2.96. The van der Waals surface area contributed by atoms with Crippen molar-refractivity contribution >= 4 is 44.1 Å². The molecular formula is C23H19N3O2S. The van der Waals surface area contributed by atoms with E-state index in [-0.39, 0.29) is 11.7 Å². The number of nitrogens with zero attached hydrogens (tertiary/aromatic N) is 2. The molecule has 29 heavy (non-hydrogen) atoms. The topological polar surface area (TPSA) is 62.3 Å². The van der Waals surface area contributed by atoms with Crippen LogP contribution in [0.3, 0.4) is 0 Å². The van der Waals surface area contributed by atoms with Crippen LogP contribution in [0, 0.1) is 0 Å². The zero-order valence-corrected chi connectivity index (χ0v) is 16.9. The summed E-state index contributed by atoms with van der Waals surface area (Å²) in [4.78, 5) is 31.6. The Hall–Kier alpha value is -3.51. The lowest BCUT2D eigenvalue weighted by Gasteiger charge is -2.12. The van der Waals surface area contributed by atoms with Gasteiger partial charge in [0.25, 0.3) is 5.91 Å². The average Bonchev–Trinajstić information content (AvgIpc) is 3.15. The molecule has 3 aromatic carbocycles. The predicted octanol–water partition coefficient (Wildman–Crippen LogP) is 4.85. The van der Waals surface area contributed by atoms with Crippen molar-refractivity contribution < 1.29 is 9.59 Å². The summed E-state index contributed by atoms with van der Waals surface area (Å²) in [5.41, 5.74) is 3.58. The minimum atomic E-state index is -0.213. The van der Waals surface area contributed by atoms with E-state index in [4.69, 9.17) is 0 Å². The largest absolute Gasteiger partial charge is 0.378 e. The van der Waals surface area contributed by atoms with Crippen molar-refractivity contribution in [3.05, 3.63) is 89.5 Å². The lowest BCUT2D eigenvalue weighted by atomic mass is 10.0. The predicted molar refractivity (Wildman–Crippen MR) is 118 cm³/mol. The Morgan fingerprint density at radius 1 is 0.862 bits per heavy atom. The van der Waals surface area contributed by atoms with Crippen molar-refractivity contribution in [2.75, 3.05) is 24.3 Å². The van der Waals surface area contributed by atoms with Crippen LogP contribution >= 0.6 is 11.3 Å². The second kappa shape index (κ2) is 7.85. The molecular weight excluding hydrogens is 382 g/mol. The number of amides is 1. The van der Waals surface area contributed by atoms with Crippen molar-refractivity contribution in [1.29, 1.82) is 0 Å². The fraction of sp³-hybridized carbons (Fsp3) is 0.0870. The van der Waals surface area contributed by atoms with E-state index in [0.717, 1.165) is 15.9 Å². The molecule has 0 saturated heterocycles. The van der Waals surface area contributed by atoms with Crippen molar-refractivity contribution in [2.24, 2.45) is 0 Å². The van der Waals surface area contributed by atoms with E-state index in [1.54, 1.807) is 30.3 Å². The molecule has 4 aromatic rings. The number of thiazole rings is 1. The van der Waals surface area contributed by atoms with Gasteiger partial charge in [0.15, 0.2) is 10.9 Å². The molecule has 0 unspecified atom stereocenters. The highest BCUT2D eigenvalue weighted by molar-refractivity contribution is 7.22. The first kappa shape index (κ1) is 18.8. The Labute approximate surface area is 172 Å². The average molecular weight is 401 g/mol. The number of hydrogen-bond donors (Lipinski definition) is 1. The smallest absolute Gasteiger partial charge is 0.257 e. The Morgan fingerprint density at radius 2 is 1.55 bits per heavy atom. The van der Waals surface area contributed by atoms with Gasteiger partial charge >= 0.3 is 0 Å². The van der Waals surface area contributed by atoms with Gasteiger partial charge in [-0.05, 0) is 42.5 Å². The first-order valence-electron chi connectivity index (χ1n) is 9.10. The van der Waals surface area contributed by atoms with Gasteiger partial charge in [-0.2, -0.15) is 0 Å². The summed E-state index contributed by atoms with van der Waals surface area (Å²) in [6, 6.07) is 21.9. The van der Waals surface area contributed by atoms with Crippen molar-refractivity contribution in [3.8, 4) is 0 Å². The second-order valence-electron chi connectivity index (χ2n) is 6.79. The van der Waals surface area contributed by atoms with Crippen LogP contribution in [-0.4, -0.2) is 30.8 Å². The number of aromatic nitrogens is 1. The summed E-state index contributed by atoms with van der Waals surface area (Å²) in [5, 5.41) is 3.35. The summed E-state index contributed by atoms with van der Waals surface area (Å²) in [6.45, 7) is 0. The van der Waals surface area contributed by atoms with E-state index >= 15 is 0 Å². The van der Waals surface area contributed by atoms with E-state index in [1.807, 2.05) is 61.5 Å². The third kappa shape index (κ3) is 4.02. The lowest BCUT2D eigenvalue weighted by Crippen LogP contribution is -2.13. The molecule has 0 spiro atoms. The second-order valence-corrected chi connectivity index (χ2v) is 7.82. The molecule has 0 bridgehead atoms. The molecule has 1 amide bonds. The molecule has 144 valence electrons. The van der Waals surface area contributed by atoms with Gasteiger partial charge in [-0.3, -0.25) is 14.9 Å². The van der Waals surface area contributed by atoms with Crippen LogP contribution in [0.5, 0.6) is 0 Å². The van der Waals surface area contributed by atoms with Crippen molar-refractivity contribution in [3.63, 3.8) is 0 Å². The highest BCUT2D eigenvalue weighted by atomic mass is 32.1. The number of hydrogen-bond acceptors (Lipinski definition) is 5. The molecule has 0 aliphatic heterocycles. The van der Waals surface area contributed by atoms with Gasteiger partial charge in [-0.1, -0.05) is 41.7 Å². The molecule has 5 nitrogen and oxygen atoms in total. The van der Waals surface area contributed by atoms with Gasteiger partial charge in [0.05, 0.1) is 10.2 Å². The third-order valence-electron chi connectivity index (χ3n) is 4.55. The minimum absolute atomic E-state index is 0.0348. The van der Waals surface area contributed by atoms with Crippen molar-refractivity contribution in [1.82, 2.24) is 4.98 Å². The molecule has 0 atom stereocenters. The molecule has 0 aliphatic carbocycles. The number of nitrogens with one attached hydrogen (secondary N) is 1. The van der Waals surface area contributed by atoms with Crippen LogP contribution in [0.25, 0.3) is 10.2 Å². The maximum Gasteiger partial charge on any atom is 0.257 e. The van der Waals surface area contributed by atoms with Crippen LogP contribution in [0.2, 0.25) is 0 Å². The van der Waals surface area contributed by atoms with E-state index in [0.29, 0.717) is 21.8 Å². The number of carbonyl (C=O) groups is 2. The lowest BCUT2D eigenvalue weighted by molar-refractivity contribution is 0.102. The first-order valence-corrected chi connectivity index (χ1v) is 9.92. The maximum absolute atomic E-state index is 12.6. The SMILES string of the molecule is CN(C)c1ccc(C(=O)Nc2nc3ccc(C(=O)c4ccccc4)cc3s2)cc1. The standard InChI is InChI=1S/C23H19N3O2S/c1-26(2)18-11-8-16(9-12-18)22(28)25-23-24-19-13-10-17(14-20(19)29-23)21(27)15-6-4-3-5-7-15/h3-14H,1-2H3,(H,24,25,28). The van der Waals surface area contributed by atoms with E-state index in [9.17, 15) is 9.59 Å². The van der Waals surface area contributed by atoms with Crippen LogP contribution < -0.4 is 10.2 Å². The van der Waals surface area contributed by atoms with Crippen LogP contribution in [0.4, 0.5) is 10.8 Å². The molecule has 0 saturated carbocycles. The van der Waals surface area contributed by atoms with Crippen molar-refractivity contribution in [2.45, 2.75) is 0 Å². The molecule has 0 fully saturated rings. The maximum atomic E-state index is 12.6. The number of ketones is 1. The molecule has 1 heterocycles. The van der Waals surface area contributed by atoms with Crippen LogP contribution in [0.15, 0.2) is 72.8 Å². The summed E-state index contributed by atoms with van der Waals surface area (Å²) >= 11 is 1.35. The van der Waals surface area contributed by atoms with Crippen LogP contribution in [0.1, 0.15) is 26.3 Å². The van der Waals surface area contributed by atoms with E-state index < -0.39 is 0 Å². The Bertz CT molecular complexity index is 1180. The number of fused-ring (bicyclic) bond motifs is 1. The highest BCUT2D eigenvalue weighted by Gasteiger charge is 2.13. The number of anilines is 2. The number of carbonyl (C=O) groups excluding carboxylic acids is 2. The van der Waals surface area contributed by atoms with Gasteiger partial charge in [0, 0.05) is 36.5 Å².